The second-order valence-electron chi connectivity index (χ2n) is 32.0. The summed E-state index contributed by atoms with van der Waals surface area (Å²) in [7, 11) is 0. The van der Waals surface area contributed by atoms with Crippen LogP contribution in [0.1, 0.15) is 145 Å². The molecule has 0 fully saturated rings. The van der Waals surface area contributed by atoms with Crippen molar-refractivity contribution in [1.29, 1.82) is 0 Å². The van der Waals surface area contributed by atoms with Crippen LogP contribution in [0.25, 0.3) is 55.6 Å². The van der Waals surface area contributed by atoms with Crippen LogP contribution < -0.4 is 56.2 Å². The number of fused-ring (bicyclic) bond motifs is 9. The SMILES string of the molecule is [2H]c1c([2H])c([2H])c(-c2c([2H])c([2H])c3c(c2[2H])N(C2C(C4CC=CCC4)=CC(C(C)(C)C)CC2C2=CCCCC2)c2cc(C(C)(C)C)cc4c2B3c2c3c5c(c([2H])c2N4c2c(-c4ccccc4)cc(C(C)(C)C)cc2-c2ccccc2)Oc2c([2H])c([2H])c(-c4ccccc4)c([2H])c2B5c2c([2H])c(-c4ccccc4)c([2H])c([2H])c2[Se]3)c([2H])c1[2H]. The second-order valence-corrected chi connectivity index (χ2v) is 34.1. The van der Waals surface area contributed by atoms with Gasteiger partial charge in [0.2, 0.25) is 0 Å². The zero-order valence-electron chi connectivity index (χ0n) is 74.5. The monoisotopic (exact) mass is 1400 g/mol. The van der Waals surface area contributed by atoms with Crippen LogP contribution in [0.5, 0.6) is 11.5 Å². The predicted octanol–water partition coefficient (Wildman–Crippen LogP) is 19.8. The maximum absolute atomic E-state index is 12.0. The molecule has 18 rings (SSSR count). The molecule has 0 saturated heterocycles. The van der Waals surface area contributed by atoms with Gasteiger partial charge in [0.05, 0.1) is 0 Å². The van der Waals surface area contributed by atoms with Gasteiger partial charge >= 0.3 is 637 Å². The normalized spacial score (nSPS) is 20.8. The summed E-state index contributed by atoms with van der Waals surface area (Å²) < 4.78 is 165. The van der Waals surface area contributed by atoms with Crippen LogP contribution in [0.3, 0.4) is 0 Å². The Kier molecular flexibility index (Phi) is 12.4. The van der Waals surface area contributed by atoms with Crippen molar-refractivity contribution < 1.29 is 25.3 Å². The third-order valence-corrected chi connectivity index (χ3v) is 25.0. The predicted molar refractivity (Wildman–Crippen MR) is 438 cm³/mol. The molecule has 0 bridgehead atoms. The minimum atomic E-state index is -1.28. The summed E-state index contributed by atoms with van der Waals surface area (Å²) in [4.78, 5) is 4.58. The first-order chi connectivity index (χ1) is 55.8. The Morgan fingerprint density at radius 3 is 1.73 bits per heavy atom. The minimum absolute atomic E-state index is 0.00308. The first-order valence-electron chi connectivity index (χ1n) is 44.1. The quantitative estimate of drug-likeness (QED) is 0.106. The molecule has 4 atom stereocenters. The van der Waals surface area contributed by atoms with E-state index in [4.69, 9.17) is 6.11 Å². The third-order valence-electron chi connectivity index (χ3n) is 22.6. The molecule has 4 unspecified atom stereocenters. The van der Waals surface area contributed by atoms with Crippen molar-refractivity contribution >= 4 is 98.5 Å². The van der Waals surface area contributed by atoms with Crippen LogP contribution in [0, 0.1) is 23.2 Å². The molecule has 0 saturated carbocycles. The molecular weight excluding hydrogens is 1300 g/mol. The molecular formula is C96H90B2N2OSe. The van der Waals surface area contributed by atoms with Gasteiger partial charge in [0.25, 0.3) is 0 Å². The van der Waals surface area contributed by atoms with E-state index in [1.807, 2.05) is 84.9 Å². The first kappa shape index (κ1) is 50.1. The molecule has 0 amide bonds. The molecule has 0 radical (unpaired) electrons. The Labute approximate surface area is 633 Å². The number of anilines is 5. The number of allylic oxidation sites excluding steroid dienone is 4. The molecule has 4 aliphatic heterocycles. The number of rotatable bonds is 9. The Balaban J connectivity index is 1.09. The average molecular weight is 1400 g/mol. The standard InChI is InChI=1S/C96H90B2N2OSe/c1-94(2,3)71-54-74(64-37-23-13-24-38-64)91(75(55-71)65-39-25-14-26-40-65)99-81-53-70(63-35-21-12-22-36-63)45-48-78(81)98-88-82(99)58-73(96(7,8)9)59-83(88)100(92-76(66-41-27-15-28-42-66)56-72(95(4,5)6)57-77(92)67-43-29-16-30-44-67)84-60-86-90-93(89(84)98)102-87-50-47-69(62-33-19-11-20-34-62)52-80(87)97(90)79-51-68(46-49-85(79)101-86)61-31-17-10-18-32-61/h10-13,15-23,27-36,39,41-54,56-60,64,71,75,91H,14,24-26,37-38,40,55H2,1-9H3/i12D,21D,22D,35D,36D,45D,46D,47D,48D,49D,50D,51D,52D,53D,60D. The van der Waals surface area contributed by atoms with Gasteiger partial charge in [-0.25, -0.2) is 0 Å². The zero-order chi connectivity index (χ0) is 82.4. The Morgan fingerprint density at radius 1 is 0.500 bits per heavy atom. The van der Waals surface area contributed by atoms with Crippen molar-refractivity contribution in [3.63, 3.8) is 0 Å². The third kappa shape index (κ3) is 11.2. The van der Waals surface area contributed by atoms with Crippen LogP contribution in [-0.4, -0.2) is 34.4 Å². The van der Waals surface area contributed by atoms with E-state index in [9.17, 15) is 19.2 Å². The van der Waals surface area contributed by atoms with Gasteiger partial charge in [-0.2, -0.15) is 0 Å². The van der Waals surface area contributed by atoms with Crippen molar-refractivity contribution in [2.45, 2.75) is 131 Å². The first-order valence-corrected chi connectivity index (χ1v) is 38.3. The van der Waals surface area contributed by atoms with Gasteiger partial charge in [-0.15, -0.1) is 0 Å². The van der Waals surface area contributed by atoms with E-state index in [-0.39, 0.29) is 134 Å². The van der Waals surface area contributed by atoms with E-state index in [1.54, 1.807) is 12.1 Å². The molecule has 0 aromatic heterocycles. The summed E-state index contributed by atoms with van der Waals surface area (Å²) in [6.45, 7) is 17.6. The summed E-state index contributed by atoms with van der Waals surface area (Å²) in [5, 5.41) is 0. The van der Waals surface area contributed by atoms with Crippen LogP contribution in [0.15, 0.2) is 272 Å². The Morgan fingerprint density at radius 2 is 1.11 bits per heavy atom. The number of benzene rings is 11. The van der Waals surface area contributed by atoms with E-state index < -0.39 is 81.5 Å². The number of ether oxygens (including phenoxy) is 1. The summed E-state index contributed by atoms with van der Waals surface area (Å²) in [6, 6.07) is 41.4. The van der Waals surface area contributed by atoms with Gasteiger partial charge in [-0.1, -0.05) is 0 Å². The average Bonchev–Trinajstić information content (AvgIpc) is 0.659. The number of hydrogen-bond donors (Lipinski definition) is 0. The van der Waals surface area contributed by atoms with Crippen molar-refractivity contribution in [2.24, 2.45) is 23.2 Å². The van der Waals surface area contributed by atoms with Crippen LogP contribution in [-0.2, 0) is 10.8 Å². The van der Waals surface area contributed by atoms with Gasteiger partial charge in [0.1, 0.15) is 0 Å². The van der Waals surface area contributed by atoms with E-state index in [1.165, 1.54) is 11.1 Å². The van der Waals surface area contributed by atoms with Crippen molar-refractivity contribution in [2.75, 3.05) is 9.80 Å². The Hall–Kier alpha value is -9.31. The molecule has 7 aliphatic rings. The molecule has 11 aromatic carbocycles. The fourth-order valence-electron chi connectivity index (χ4n) is 17.2. The molecule has 102 heavy (non-hydrogen) atoms. The molecule has 502 valence electrons. The molecule has 3 aliphatic carbocycles. The van der Waals surface area contributed by atoms with Crippen molar-refractivity contribution in [1.82, 2.24) is 0 Å². The van der Waals surface area contributed by atoms with Gasteiger partial charge in [-0.05, 0) is 0 Å². The maximum atomic E-state index is 12.0. The Bertz CT molecular complexity index is 6010. The van der Waals surface area contributed by atoms with E-state index in [0.717, 1.165) is 84.7 Å². The summed E-state index contributed by atoms with van der Waals surface area (Å²) in [5.74, 6) is -0.297. The number of nitrogens with zero attached hydrogens (tertiary/aromatic N) is 2. The van der Waals surface area contributed by atoms with E-state index >= 15 is 0 Å². The summed E-state index contributed by atoms with van der Waals surface area (Å²) in [6.07, 6.45) is 16.3. The van der Waals surface area contributed by atoms with Crippen LogP contribution in [0.2, 0.25) is 0 Å². The number of hydrogen-bond acceptors (Lipinski definition) is 3. The summed E-state index contributed by atoms with van der Waals surface area (Å²) >= 11 is -1.18. The van der Waals surface area contributed by atoms with Gasteiger partial charge in [0, 0.05) is 0 Å². The molecule has 3 nitrogen and oxygen atoms in total. The van der Waals surface area contributed by atoms with E-state index in [2.05, 4.69) is 145 Å². The molecule has 4 heterocycles. The fourth-order valence-corrected chi connectivity index (χ4v) is 19.8. The zero-order valence-corrected chi connectivity index (χ0v) is 61.2. The molecule has 6 heteroatoms. The van der Waals surface area contributed by atoms with Crippen molar-refractivity contribution in [3.05, 3.63) is 283 Å². The molecule has 0 spiro atoms. The van der Waals surface area contributed by atoms with Crippen LogP contribution in [0.4, 0.5) is 28.4 Å². The molecule has 0 N–H and O–H groups in total. The fraction of sp³-hybridized carbons (Fsp3) is 0.250. The molecule has 11 aromatic rings. The van der Waals surface area contributed by atoms with Crippen molar-refractivity contribution in [3.8, 4) is 67.1 Å². The van der Waals surface area contributed by atoms with Gasteiger partial charge < -0.3 is 0 Å². The summed E-state index contributed by atoms with van der Waals surface area (Å²) in [5.41, 5.74) is 11.8. The van der Waals surface area contributed by atoms with Gasteiger partial charge in [-0.3, -0.25) is 0 Å². The van der Waals surface area contributed by atoms with E-state index in [0.29, 0.717) is 59.0 Å². The van der Waals surface area contributed by atoms with Crippen LogP contribution >= 0.6 is 0 Å². The second kappa shape index (κ2) is 25.3. The van der Waals surface area contributed by atoms with Gasteiger partial charge in [0.15, 0.2) is 0 Å². The topological polar surface area (TPSA) is 15.7 Å².